The van der Waals surface area contributed by atoms with Crippen LogP contribution in [-0.2, 0) is 19.1 Å². The molecular formula is C10H12O6. The lowest BCUT2D eigenvalue weighted by atomic mass is 10.2. The van der Waals surface area contributed by atoms with Crippen LogP contribution in [0.25, 0.3) is 0 Å². The molecule has 1 atom stereocenters. The molecule has 0 rings (SSSR count). The Morgan fingerprint density at radius 1 is 1.44 bits per heavy atom. The van der Waals surface area contributed by atoms with E-state index in [1.54, 1.807) is 0 Å². The second-order valence-corrected chi connectivity index (χ2v) is 2.89. The maximum absolute atomic E-state index is 11.1. The monoisotopic (exact) mass is 228 g/mol. The predicted octanol–water partition coefficient (Wildman–Crippen LogP) is -0.324. The summed E-state index contributed by atoms with van der Waals surface area (Å²) in [6, 6.07) is 0. The number of esters is 1. The van der Waals surface area contributed by atoms with E-state index in [0.29, 0.717) is 6.08 Å². The standard InChI is InChI=1S/C10H12O6/c1-3-7(11)8(12)5-16-10(15)6(2)4-9(13)14/h3-4,8,12H,1,5H2,2H3,(H,13,14)/b6-4-. The zero-order chi connectivity index (χ0) is 12.7. The number of ether oxygens (including phenoxy) is 1. The summed E-state index contributed by atoms with van der Waals surface area (Å²) in [4.78, 5) is 32.1. The molecule has 88 valence electrons. The van der Waals surface area contributed by atoms with Crippen LogP contribution in [-0.4, -0.2) is 40.6 Å². The first-order chi connectivity index (χ1) is 7.38. The minimum Gasteiger partial charge on any atom is -0.478 e. The van der Waals surface area contributed by atoms with Crippen LogP contribution in [0.1, 0.15) is 6.92 Å². The number of aliphatic hydroxyl groups excluding tert-OH is 1. The van der Waals surface area contributed by atoms with Gasteiger partial charge in [-0.25, -0.2) is 9.59 Å². The highest BCUT2D eigenvalue weighted by Crippen LogP contribution is 1.98. The molecule has 6 nitrogen and oxygen atoms in total. The van der Waals surface area contributed by atoms with Gasteiger partial charge in [-0.05, 0) is 13.0 Å². The number of ketones is 1. The molecule has 0 fully saturated rings. The van der Waals surface area contributed by atoms with Crippen molar-refractivity contribution in [3.8, 4) is 0 Å². The molecule has 0 spiro atoms. The number of aliphatic carboxylic acids is 1. The molecule has 0 aromatic heterocycles. The number of hydrogen-bond donors (Lipinski definition) is 2. The van der Waals surface area contributed by atoms with Gasteiger partial charge in [-0.3, -0.25) is 4.79 Å². The largest absolute Gasteiger partial charge is 0.478 e. The van der Waals surface area contributed by atoms with E-state index in [-0.39, 0.29) is 5.57 Å². The van der Waals surface area contributed by atoms with Gasteiger partial charge in [-0.1, -0.05) is 6.58 Å². The quantitative estimate of drug-likeness (QED) is 0.477. The van der Waals surface area contributed by atoms with Gasteiger partial charge in [-0.2, -0.15) is 0 Å². The molecule has 2 N–H and O–H groups in total. The Balaban J connectivity index is 4.23. The highest BCUT2D eigenvalue weighted by molar-refractivity contribution is 5.96. The van der Waals surface area contributed by atoms with Gasteiger partial charge < -0.3 is 14.9 Å². The fourth-order valence-electron chi connectivity index (χ4n) is 0.731. The van der Waals surface area contributed by atoms with E-state index < -0.39 is 30.4 Å². The van der Waals surface area contributed by atoms with Crippen LogP contribution in [0.2, 0.25) is 0 Å². The first-order valence-corrected chi connectivity index (χ1v) is 4.31. The smallest absolute Gasteiger partial charge is 0.334 e. The summed E-state index contributed by atoms with van der Waals surface area (Å²) < 4.78 is 4.50. The first-order valence-electron chi connectivity index (χ1n) is 4.31. The third kappa shape index (κ3) is 5.06. The van der Waals surface area contributed by atoms with Gasteiger partial charge in [0.1, 0.15) is 6.61 Å². The van der Waals surface area contributed by atoms with E-state index in [0.717, 1.165) is 6.08 Å². The van der Waals surface area contributed by atoms with E-state index >= 15 is 0 Å². The average molecular weight is 228 g/mol. The second kappa shape index (κ2) is 6.52. The zero-order valence-electron chi connectivity index (χ0n) is 8.67. The molecule has 0 bridgehead atoms. The molecule has 1 unspecified atom stereocenters. The number of carboxylic acids is 1. The van der Waals surface area contributed by atoms with Crippen LogP contribution in [0.5, 0.6) is 0 Å². The highest BCUT2D eigenvalue weighted by atomic mass is 16.5. The lowest BCUT2D eigenvalue weighted by Gasteiger charge is -2.08. The molecule has 0 aliphatic heterocycles. The Bertz CT molecular complexity index is 341. The summed E-state index contributed by atoms with van der Waals surface area (Å²) in [5.74, 6) is -2.86. The van der Waals surface area contributed by atoms with Gasteiger partial charge >= 0.3 is 11.9 Å². The van der Waals surface area contributed by atoms with Crippen LogP contribution in [0.4, 0.5) is 0 Å². The van der Waals surface area contributed by atoms with Crippen LogP contribution < -0.4 is 0 Å². The lowest BCUT2D eigenvalue weighted by molar-refractivity contribution is -0.144. The summed E-state index contributed by atoms with van der Waals surface area (Å²) in [5, 5.41) is 17.4. The Hall–Kier alpha value is -1.95. The van der Waals surface area contributed by atoms with E-state index in [9.17, 15) is 14.4 Å². The first kappa shape index (κ1) is 14.1. The van der Waals surface area contributed by atoms with Gasteiger partial charge in [-0.15, -0.1) is 0 Å². The van der Waals surface area contributed by atoms with Crippen LogP contribution >= 0.6 is 0 Å². The minimum absolute atomic E-state index is 0.134. The molecule has 6 heteroatoms. The third-order valence-corrected chi connectivity index (χ3v) is 1.56. The highest BCUT2D eigenvalue weighted by Gasteiger charge is 2.15. The summed E-state index contributed by atoms with van der Waals surface area (Å²) in [5.41, 5.74) is -0.134. The average Bonchev–Trinajstić information content (AvgIpc) is 2.23. The Labute approximate surface area is 91.8 Å². The summed E-state index contributed by atoms with van der Waals surface area (Å²) >= 11 is 0. The second-order valence-electron chi connectivity index (χ2n) is 2.89. The minimum atomic E-state index is -1.47. The van der Waals surface area contributed by atoms with Crippen molar-refractivity contribution < 1.29 is 29.3 Å². The molecule has 0 heterocycles. The van der Waals surface area contributed by atoms with Crippen molar-refractivity contribution in [1.29, 1.82) is 0 Å². The number of hydrogen-bond acceptors (Lipinski definition) is 5. The topological polar surface area (TPSA) is 101 Å². The maximum Gasteiger partial charge on any atom is 0.334 e. The number of carboxylic acid groups (broad SMARTS) is 1. The van der Waals surface area contributed by atoms with Crippen molar-refractivity contribution in [3.05, 3.63) is 24.3 Å². The van der Waals surface area contributed by atoms with Crippen molar-refractivity contribution in [2.45, 2.75) is 13.0 Å². The zero-order valence-corrected chi connectivity index (χ0v) is 8.67. The van der Waals surface area contributed by atoms with E-state index in [1.807, 2.05) is 0 Å². The third-order valence-electron chi connectivity index (χ3n) is 1.56. The SMILES string of the molecule is C=CC(=O)C(O)COC(=O)/C(C)=C\C(=O)O. The van der Waals surface area contributed by atoms with Gasteiger partial charge in [0.2, 0.25) is 0 Å². The van der Waals surface area contributed by atoms with Gasteiger partial charge in [0.05, 0.1) is 0 Å². The van der Waals surface area contributed by atoms with Crippen molar-refractivity contribution in [3.63, 3.8) is 0 Å². The van der Waals surface area contributed by atoms with Crippen molar-refractivity contribution in [2.75, 3.05) is 6.61 Å². The number of rotatable bonds is 6. The number of aliphatic hydroxyl groups is 1. The molecule has 0 aromatic rings. The Morgan fingerprint density at radius 2 is 2.00 bits per heavy atom. The molecule has 16 heavy (non-hydrogen) atoms. The molecule has 0 saturated carbocycles. The summed E-state index contributed by atoms with van der Waals surface area (Å²) in [6.45, 7) is 3.86. The number of carbonyl (C=O) groups is 3. The molecule has 0 aliphatic carbocycles. The Kier molecular flexibility index (Phi) is 5.72. The van der Waals surface area contributed by atoms with Crippen LogP contribution in [0, 0.1) is 0 Å². The van der Waals surface area contributed by atoms with Gasteiger partial charge in [0.25, 0.3) is 0 Å². The maximum atomic E-state index is 11.1. The lowest BCUT2D eigenvalue weighted by Crippen LogP contribution is -2.26. The summed E-state index contributed by atoms with van der Waals surface area (Å²) in [6.07, 6.45) is 0.0988. The molecular weight excluding hydrogens is 216 g/mol. The van der Waals surface area contributed by atoms with Crippen molar-refractivity contribution in [1.82, 2.24) is 0 Å². The summed E-state index contributed by atoms with van der Waals surface area (Å²) in [7, 11) is 0. The molecule has 0 radical (unpaired) electrons. The fourth-order valence-corrected chi connectivity index (χ4v) is 0.731. The van der Waals surface area contributed by atoms with E-state index in [1.165, 1.54) is 6.92 Å². The van der Waals surface area contributed by atoms with Gasteiger partial charge in [0.15, 0.2) is 11.9 Å². The number of carbonyl (C=O) groups excluding carboxylic acids is 2. The van der Waals surface area contributed by atoms with Crippen molar-refractivity contribution in [2.24, 2.45) is 0 Å². The van der Waals surface area contributed by atoms with E-state index in [2.05, 4.69) is 11.3 Å². The Morgan fingerprint density at radius 3 is 2.44 bits per heavy atom. The van der Waals surface area contributed by atoms with Crippen LogP contribution in [0.3, 0.4) is 0 Å². The fraction of sp³-hybridized carbons (Fsp3) is 0.300. The molecule has 0 amide bonds. The normalized spacial score (nSPS) is 12.8. The van der Waals surface area contributed by atoms with E-state index in [4.69, 9.17) is 10.2 Å². The molecule has 0 aliphatic rings. The predicted molar refractivity (Wildman–Crippen MR) is 53.6 cm³/mol. The molecule has 0 aromatic carbocycles. The molecule has 0 saturated heterocycles. The van der Waals surface area contributed by atoms with Crippen molar-refractivity contribution >= 4 is 17.7 Å². The van der Waals surface area contributed by atoms with Crippen LogP contribution in [0.15, 0.2) is 24.3 Å². The van der Waals surface area contributed by atoms with Gasteiger partial charge in [0, 0.05) is 11.6 Å².